The van der Waals surface area contributed by atoms with E-state index in [1.165, 1.54) is 4.90 Å². The fraction of sp³-hybridized carbons (Fsp3) is 0.538. The van der Waals surface area contributed by atoms with Crippen LogP contribution in [0.2, 0.25) is 5.02 Å². The number of benzene rings is 1. The molecule has 0 amide bonds. The normalized spacial score (nSPS) is 18.8. The Balaban J connectivity index is 2.41. The maximum absolute atomic E-state index is 13.9. The van der Waals surface area contributed by atoms with E-state index < -0.39 is 40.9 Å². The van der Waals surface area contributed by atoms with Crippen LogP contribution in [0.5, 0.6) is 0 Å². The van der Waals surface area contributed by atoms with Crippen LogP contribution < -0.4 is 5.32 Å². The Labute approximate surface area is 123 Å². The molecule has 1 fully saturated rings. The van der Waals surface area contributed by atoms with Crippen molar-refractivity contribution in [3.8, 4) is 0 Å². The standard InChI is InChI=1S/C13H14ClF5N2/c14-12-9(16)2-1-8(15)11(12)10(7-13(17,18)19)21-5-3-20-4-6-21/h1-2,10,20H,3-7H2/t10-/m0/s1. The number of hydrogen-bond acceptors (Lipinski definition) is 2. The summed E-state index contributed by atoms with van der Waals surface area (Å²) in [4.78, 5) is 1.48. The lowest BCUT2D eigenvalue weighted by Crippen LogP contribution is -2.46. The molecule has 1 heterocycles. The van der Waals surface area contributed by atoms with Gasteiger partial charge in [-0.25, -0.2) is 8.78 Å². The maximum atomic E-state index is 13.9. The van der Waals surface area contributed by atoms with Gasteiger partial charge in [0.05, 0.1) is 11.4 Å². The van der Waals surface area contributed by atoms with Crippen molar-refractivity contribution < 1.29 is 22.0 Å². The molecule has 1 N–H and O–H groups in total. The molecule has 0 saturated carbocycles. The van der Waals surface area contributed by atoms with Crippen molar-refractivity contribution >= 4 is 11.6 Å². The van der Waals surface area contributed by atoms with E-state index in [0.29, 0.717) is 26.2 Å². The van der Waals surface area contributed by atoms with Gasteiger partial charge in [-0.3, -0.25) is 4.90 Å². The second-order valence-electron chi connectivity index (χ2n) is 4.88. The van der Waals surface area contributed by atoms with E-state index in [2.05, 4.69) is 5.32 Å². The highest BCUT2D eigenvalue weighted by Gasteiger charge is 2.38. The summed E-state index contributed by atoms with van der Waals surface area (Å²) < 4.78 is 65.9. The molecule has 2 nitrogen and oxygen atoms in total. The van der Waals surface area contributed by atoms with Crippen LogP contribution in [0.25, 0.3) is 0 Å². The Bertz CT molecular complexity index is 500. The van der Waals surface area contributed by atoms with Gasteiger partial charge in [-0.05, 0) is 12.1 Å². The Morgan fingerprint density at radius 2 is 1.71 bits per heavy atom. The molecule has 1 aromatic rings. The average Bonchev–Trinajstić information content (AvgIpc) is 2.42. The summed E-state index contributed by atoms with van der Waals surface area (Å²) in [5.41, 5.74) is -0.420. The van der Waals surface area contributed by atoms with Crippen LogP contribution >= 0.6 is 11.6 Å². The molecule has 1 atom stereocenters. The molecule has 118 valence electrons. The highest BCUT2D eigenvalue weighted by molar-refractivity contribution is 6.31. The van der Waals surface area contributed by atoms with Crippen molar-refractivity contribution in [2.24, 2.45) is 0 Å². The molecule has 0 unspecified atom stereocenters. The van der Waals surface area contributed by atoms with Gasteiger partial charge in [-0.15, -0.1) is 0 Å². The molecular formula is C13H14ClF5N2. The third-order valence-corrected chi connectivity index (χ3v) is 3.81. The lowest BCUT2D eigenvalue weighted by molar-refractivity contribution is -0.149. The van der Waals surface area contributed by atoms with E-state index in [4.69, 9.17) is 11.6 Å². The van der Waals surface area contributed by atoms with Crippen molar-refractivity contribution in [1.29, 1.82) is 0 Å². The smallest absolute Gasteiger partial charge is 0.314 e. The molecule has 0 aliphatic carbocycles. The van der Waals surface area contributed by atoms with Crippen molar-refractivity contribution in [2.45, 2.75) is 18.6 Å². The molecule has 8 heteroatoms. The van der Waals surface area contributed by atoms with Gasteiger partial charge in [0.15, 0.2) is 0 Å². The van der Waals surface area contributed by atoms with E-state index >= 15 is 0 Å². The predicted octanol–water partition coefficient (Wildman–Crippen LogP) is 3.52. The van der Waals surface area contributed by atoms with Gasteiger partial charge in [-0.1, -0.05) is 11.6 Å². The van der Waals surface area contributed by atoms with Gasteiger partial charge in [0.1, 0.15) is 11.6 Å². The minimum Gasteiger partial charge on any atom is -0.314 e. The molecule has 0 spiro atoms. The SMILES string of the molecule is Fc1ccc(F)c([C@H](CC(F)(F)F)N2CCNCC2)c1Cl. The van der Waals surface area contributed by atoms with Gasteiger partial charge in [0.2, 0.25) is 0 Å². The van der Waals surface area contributed by atoms with Crippen molar-refractivity contribution in [3.05, 3.63) is 34.4 Å². The minimum atomic E-state index is -4.50. The fourth-order valence-corrected chi connectivity index (χ4v) is 2.75. The zero-order valence-electron chi connectivity index (χ0n) is 11.0. The van der Waals surface area contributed by atoms with Crippen molar-refractivity contribution in [3.63, 3.8) is 0 Å². The van der Waals surface area contributed by atoms with E-state index in [1.54, 1.807) is 0 Å². The number of hydrogen-bond donors (Lipinski definition) is 1. The number of nitrogens with one attached hydrogen (secondary N) is 1. The second-order valence-corrected chi connectivity index (χ2v) is 5.26. The minimum absolute atomic E-state index is 0.313. The molecule has 1 aromatic carbocycles. The predicted molar refractivity (Wildman–Crippen MR) is 69.2 cm³/mol. The number of rotatable bonds is 3. The topological polar surface area (TPSA) is 15.3 Å². The van der Waals surface area contributed by atoms with Crippen LogP contribution in [0.1, 0.15) is 18.0 Å². The lowest BCUT2D eigenvalue weighted by atomic mass is 9.99. The number of halogens is 6. The highest BCUT2D eigenvalue weighted by atomic mass is 35.5. The van der Waals surface area contributed by atoms with Gasteiger partial charge >= 0.3 is 6.18 Å². The van der Waals surface area contributed by atoms with Crippen molar-refractivity contribution in [1.82, 2.24) is 10.2 Å². The molecule has 21 heavy (non-hydrogen) atoms. The summed E-state index contributed by atoms with van der Waals surface area (Å²) in [6.07, 6.45) is -5.77. The summed E-state index contributed by atoms with van der Waals surface area (Å²) in [6.45, 7) is 1.60. The molecule has 0 radical (unpaired) electrons. The number of nitrogens with zero attached hydrogens (tertiary/aromatic N) is 1. The third-order valence-electron chi connectivity index (χ3n) is 3.43. The highest BCUT2D eigenvalue weighted by Crippen LogP contribution is 2.39. The van der Waals surface area contributed by atoms with E-state index in [1.807, 2.05) is 0 Å². The summed E-state index contributed by atoms with van der Waals surface area (Å²) in [6, 6.07) is 0.293. The first-order chi connectivity index (χ1) is 9.79. The van der Waals surface area contributed by atoms with Crippen LogP contribution in [-0.4, -0.2) is 37.3 Å². The molecule has 0 bridgehead atoms. The van der Waals surface area contributed by atoms with Crippen LogP contribution in [0.4, 0.5) is 22.0 Å². The number of alkyl halides is 3. The summed E-state index contributed by atoms with van der Waals surface area (Å²) >= 11 is 5.72. The Morgan fingerprint density at radius 3 is 2.29 bits per heavy atom. The van der Waals surface area contributed by atoms with Crippen LogP contribution in [-0.2, 0) is 0 Å². The van der Waals surface area contributed by atoms with Crippen molar-refractivity contribution in [2.75, 3.05) is 26.2 Å². The first-order valence-electron chi connectivity index (χ1n) is 6.44. The van der Waals surface area contributed by atoms with Gasteiger partial charge < -0.3 is 5.32 Å². The zero-order chi connectivity index (χ0) is 15.6. The Hall–Kier alpha value is -0.920. The first kappa shape index (κ1) is 16.5. The Morgan fingerprint density at radius 1 is 1.14 bits per heavy atom. The van der Waals surface area contributed by atoms with E-state index in [-0.39, 0.29) is 0 Å². The van der Waals surface area contributed by atoms with Crippen LogP contribution in [0.15, 0.2) is 12.1 Å². The van der Waals surface area contributed by atoms with Gasteiger partial charge in [-0.2, -0.15) is 13.2 Å². The Kier molecular flexibility index (Phi) is 5.06. The molecule has 1 aliphatic rings. The summed E-state index contributed by atoms with van der Waals surface area (Å²) in [5, 5.41) is 2.42. The molecule has 2 rings (SSSR count). The molecular weight excluding hydrogens is 315 g/mol. The molecule has 1 saturated heterocycles. The number of piperazine rings is 1. The first-order valence-corrected chi connectivity index (χ1v) is 6.82. The monoisotopic (exact) mass is 328 g/mol. The van der Waals surface area contributed by atoms with Gasteiger partial charge in [0, 0.05) is 37.8 Å². The average molecular weight is 329 g/mol. The maximum Gasteiger partial charge on any atom is 0.390 e. The molecule has 1 aliphatic heterocycles. The van der Waals surface area contributed by atoms with E-state index in [9.17, 15) is 22.0 Å². The quantitative estimate of drug-likeness (QED) is 0.674. The van der Waals surface area contributed by atoms with Crippen LogP contribution in [0, 0.1) is 11.6 Å². The third kappa shape index (κ3) is 4.05. The summed E-state index contributed by atoms with van der Waals surface area (Å²) in [5.74, 6) is -1.84. The van der Waals surface area contributed by atoms with E-state index in [0.717, 1.165) is 12.1 Å². The lowest BCUT2D eigenvalue weighted by Gasteiger charge is -2.36. The fourth-order valence-electron chi connectivity index (χ4n) is 2.47. The summed E-state index contributed by atoms with van der Waals surface area (Å²) in [7, 11) is 0. The largest absolute Gasteiger partial charge is 0.390 e. The van der Waals surface area contributed by atoms with Gasteiger partial charge in [0.25, 0.3) is 0 Å². The molecule has 0 aromatic heterocycles. The zero-order valence-corrected chi connectivity index (χ0v) is 11.7. The van der Waals surface area contributed by atoms with Crippen LogP contribution in [0.3, 0.4) is 0 Å². The second kappa shape index (κ2) is 6.46.